The molecule has 1 aromatic heterocycles. The van der Waals surface area contributed by atoms with E-state index in [0.717, 1.165) is 22.6 Å². The molecular formula is C27H21ClFN3O. The lowest BCUT2D eigenvalue weighted by atomic mass is 10.0. The van der Waals surface area contributed by atoms with Gasteiger partial charge in [0.25, 0.3) is 0 Å². The average molecular weight is 458 g/mol. The van der Waals surface area contributed by atoms with Gasteiger partial charge in [-0.3, -0.25) is 5.10 Å². The number of halogens is 2. The van der Waals surface area contributed by atoms with Crippen LogP contribution in [0.5, 0.6) is 11.5 Å². The third-order valence-electron chi connectivity index (χ3n) is 5.44. The zero-order valence-electron chi connectivity index (χ0n) is 17.9. The van der Waals surface area contributed by atoms with Crippen LogP contribution in [0, 0.1) is 12.7 Å². The van der Waals surface area contributed by atoms with E-state index in [4.69, 9.17) is 16.3 Å². The lowest BCUT2D eigenvalue weighted by Crippen LogP contribution is -2.00. The molecule has 0 amide bonds. The van der Waals surface area contributed by atoms with Crippen molar-refractivity contribution in [2.45, 2.75) is 13.5 Å². The second-order valence-corrected chi connectivity index (χ2v) is 8.21. The van der Waals surface area contributed by atoms with Crippen LogP contribution in [0.4, 0.5) is 10.2 Å². The zero-order chi connectivity index (χ0) is 22.8. The number of anilines is 1. The van der Waals surface area contributed by atoms with E-state index >= 15 is 0 Å². The summed E-state index contributed by atoms with van der Waals surface area (Å²) in [6, 6.07) is 27.1. The highest BCUT2D eigenvalue weighted by molar-refractivity contribution is 6.34. The van der Waals surface area contributed by atoms with Crippen LogP contribution in [0.2, 0.25) is 5.02 Å². The van der Waals surface area contributed by atoms with Gasteiger partial charge in [0, 0.05) is 17.5 Å². The molecule has 5 aromatic rings. The first-order chi connectivity index (χ1) is 16.1. The van der Waals surface area contributed by atoms with Gasteiger partial charge in [-0.1, -0.05) is 71.8 Å². The second-order valence-electron chi connectivity index (χ2n) is 7.83. The summed E-state index contributed by atoms with van der Waals surface area (Å²) in [4.78, 5) is 0. The summed E-state index contributed by atoms with van der Waals surface area (Å²) in [6.07, 6.45) is 0. The lowest BCUT2D eigenvalue weighted by molar-refractivity contribution is 0.482. The summed E-state index contributed by atoms with van der Waals surface area (Å²) >= 11 is 6.32. The van der Waals surface area contributed by atoms with Gasteiger partial charge >= 0.3 is 0 Å². The Morgan fingerprint density at radius 2 is 1.73 bits per heavy atom. The van der Waals surface area contributed by atoms with Crippen LogP contribution in [0.3, 0.4) is 0 Å². The Bertz CT molecular complexity index is 1420. The number of ether oxygens (including phenoxy) is 1. The van der Waals surface area contributed by atoms with E-state index in [1.165, 1.54) is 5.56 Å². The normalized spacial score (nSPS) is 11.0. The fraction of sp³-hybridized carbons (Fsp3) is 0.0741. The number of aromatic nitrogens is 2. The standard InChI is InChI=1S/C27H21ClFN3O/c1-17-10-12-20(13-11-17)33-21-9-5-6-18(14-21)16-30-27-23-15-22(19-7-3-2-4-8-19)24(28)25(29)26(23)31-32-27/h2-15H,16H2,1H3,(H2,30,31,32). The summed E-state index contributed by atoms with van der Waals surface area (Å²) in [5.74, 6) is 1.57. The summed E-state index contributed by atoms with van der Waals surface area (Å²) in [5, 5.41) is 11.1. The highest BCUT2D eigenvalue weighted by Crippen LogP contribution is 2.37. The number of nitrogens with zero attached hydrogens (tertiary/aromatic N) is 1. The van der Waals surface area contributed by atoms with Gasteiger partial charge in [0.2, 0.25) is 0 Å². The SMILES string of the molecule is Cc1ccc(Oc2cccc(CNc3n[nH]c4c(F)c(Cl)c(-c5ccccc5)cc34)c2)cc1. The van der Waals surface area contributed by atoms with Crippen molar-refractivity contribution in [2.75, 3.05) is 5.32 Å². The molecule has 33 heavy (non-hydrogen) atoms. The van der Waals surface area contributed by atoms with Crippen LogP contribution in [0.1, 0.15) is 11.1 Å². The maximum Gasteiger partial charge on any atom is 0.168 e. The molecule has 0 unspecified atom stereocenters. The molecule has 0 radical (unpaired) electrons. The highest BCUT2D eigenvalue weighted by atomic mass is 35.5. The van der Waals surface area contributed by atoms with Crippen molar-refractivity contribution >= 4 is 28.3 Å². The maximum atomic E-state index is 15.0. The van der Waals surface area contributed by atoms with Crippen LogP contribution < -0.4 is 10.1 Å². The van der Waals surface area contributed by atoms with E-state index in [1.807, 2.05) is 91.9 Å². The monoisotopic (exact) mass is 457 g/mol. The molecule has 0 fully saturated rings. The molecule has 6 heteroatoms. The number of aryl methyl sites for hydroxylation is 1. The molecule has 0 aliphatic heterocycles. The Morgan fingerprint density at radius 3 is 2.52 bits per heavy atom. The zero-order valence-corrected chi connectivity index (χ0v) is 18.7. The van der Waals surface area contributed by atoms with Crippen molar-refractivity contribution < 1.29 is 9.13 Å². The first-order valence-corrected chi connectivity index (χ1v) is 10.9. The fourth-order valence-corrected chi connectivity index (χ4v) is 3.96. The molecule has 0 aliphatic rings. The van der Waals surface area contributed by atoms with E-state index in [1.54, 1.807) is 0 Å². The molecule has 0 atom stereocenters. The summed E-state index contributed by atoms with van der Waals surface area (Å²) in [5.41, 5.74) is 3.93. The third kappa shape index (κ3) is 4.41. The minimum atomic E-state index is -0.512. The Balaban J connectivity index is 1.39. The van der Waals surface area contributed by atoms with E-state index in [0.29, 0.717) is 23.3 Å². The molecule has 4 aromatic carbocycles. The first-order valence-electron chi connectivity index (χ1n) is 10.6. The molecule has 0 spiro atoms. The molecule has 164 valence electrons. The van der Waals surface area contributed by atoms with Crippen molar-refractivity contribution in [1.82, 2.24) is 10.2 Å². The van der Waals surface area contributed by atoms with Crippen LogP contribution in [-0.2, 0) is 6.54 Å². The van der Waals surface area contributed by atoms with Gasteiger partial charge < -0.3 is 10.1 Å². The number of aromatic amines is 1. The molecule has 4 nitrogen and oxygen atoms in total. The fourth-order valence-electron chi connectivity index (χ4n) is 3.70. The quantitative estimate of drug-likeness (QED) is 0.274. The summed E-state index contributed by atoms with van der Waals surface area (Å²) < 4.78 is 20.9. The molecule has 1 heterocycles. The number of H-pyrrole nitrogens is 1. The minimum absolute atomic E-state index is 0.0739. The Labute approximate surface area is 196 Å². The van der Waals surface area contributed by atoms with Crippen LogP contribution in [-0.4, -0.2) is 10.2 Å². The van der Waals surface area contributed by atoms with Gasteiger partial charge in [0.15, 0.2) is 11.6 Å². The van der Waals surface area contributed by atoms with Gasteiger partial charge in [-0.2, -0.15) is 5.10 Å². The highest BCUT2D eigenvalue weighted by Gasteiger charge is 2.17. The van der Waals surface area contributed by atoms with Crippen LogP contribution in [0.15, 0.2) is 84.9 Å². The van der Waals surface area contributed by atoms with Gasteiger partial charge in [0.1, 0.15) is 17.0 Å². The molecular weight excluding hydrogens is 437 g/mol. The Kier molecular flexibility index (Phi) is 5.71. The average Bonchev–Trinajstić information content (AvgIpc) is 3.25. The number of nitrogens with one attached hydrogen (secondary N) is 2. The smallest absolute Gasteiger partial charge is 0.168 e. The number of rotatable bonds is 6. The maximum absolute atomic E-state index is 15.0. The topological polar surface area (TPSA) is 49.9 Å². The second kappa shape index (κ2) is 8.96. The first kappa shape index (κ1) is 21.0. The van der Waals surface area contributed by atoms with Crippen LogP contribution >= 0.6 is 11.6 Å². The molecule has 0 saturated carbocycles. The van der Waals surface area contributed by atoms with Gasteiger partial charge in [-0.15, -0.1) is 0 Å². The van der Waals surface area contributed by atoms with Gasteiger partial charge in [-0.25, -0.2) is 4.39 Å². The number of hydrogen-bond acceptors (Lipinski definition) is 3. The lowest BCUT2D eigenvalue weighted by Gasteiger charge is -2.10. The molecule has 2 N–H and O–H groups in total. The van der Waals surface area contributed by atoms with Crippen molar-refractivity contribution in [3.8, 4) is 22.6 Å². The predicted octanol–water partition coefficient (Wildman–Crippen LogP) is 7.74. The van der Waals surface area contributed by atoms with E-state index in [9.17, 15) is 4.39 Å². The van der Waals surface area contributed by atoms with E-state index < -0.39 is 5.82 Å². The molecule has 0 saturated heterocycles. The van der Waals surface area contributed by atoms with Crippen molar-refractivity contribution in [1.29, 1.82) is 0 Å². The van der Waals surface area contributed by atoms with E-state index in [2.05, 4.69) is 15.5 Å². The summed E-state index contributed by atoms with van der Waals surface area (Å²) in [7, 11) is 0. The summed E-state index contributed by atoms with van der Waals surface area (Å²) in [6.45, 7) is 2.54. The number of hydrogen-bond donors (Lipinski definition) is 2. The Hall–Kier alpha value is -3.83. The molecule has 5 rings (SSSR count). The van der Waals surface area contributed by atoms with Gasteiger partial charge in [0.05, 0.1) is 5.02 Å². The van der Waals surface area contributed by atoms with Crippen molar-refractivity contribution in [2.24, 2.45) is 0 Å². The van der Waals surface area contributed by atoms with E-state index in [-0.39, 0.29) is 10.5 Å². The van der Waals surface area contributed by atoms with Crippen molar-refractivity contribution in [3.63, 3.8) is 0 Å². The third-order valence-corrected chi connectivity index (χ3v) is 5.81. The van der Waals surface area contributed by atoms with Crippen LogP contribution in [0.25, 0.3) is 22.0 Å². The number of benzene rings is 4. The largest absolute Gasteiger partial charge is 0.457 e. The van der Waals surface area contributed by atoms with Crippen molar-refractivity contribution in [3.05, 3.63) is 107 Å². The minimum Gasteiger partial charge on any atom is -0.457 e. The predicted molar refractivity (Wildman–Crippen MR) is 132 cm³/mol. The molecule has 0 aliphatic carbocycles. The van der Waals surface area contributed by atoms with Gasteiger partial charge in [-0.05, 0) is 48.4 Å². The Morgan fingerprint density at radius 1 is 0.939 bits per heavy atom. The number of fused-ring (bicyclic) bond motifs is 1. The molecule has 0 bridgehead atoms.